The van der Waals surface area contributed by atoms with Crippen LogP contribution in [0.3, 0.4) is 0 Å². The summed E-state index contributed by atoms with van der Waals surface area (Å²) >= 11 is 5.63. The highest BCUT2D eigenvalue weighted by Gasteiger charge is 2.15. The Hall–Kier alpha value is -0.600. The number of rotatable bonds is 5. The van der Waals surface area contributed by atoms with Crippen LogP contribution in [0.15, 0.2) is 18.2 Å². The van der Waals surface area contributed by atoms with E-state index in [2.05, 4.69) is 26.1 Å². The van der Waals surface area contributed by atoms with Gasteiger partial charge in [-0.3, -0.25) is 0 Å². The maximum absolute atomic E-state index is 13.2. The molecule has 90 valence electrons. The maximum atomic E-state index is 13.2. The minimum Gasteiger partial charge on any atom is -0.308 e. The van der Waals surface area contributed by atoms with E-state index >= 15 is 0 Å². The Morgan fingerprint density at radius 2 is 2.06 bits per heavy atom. The molecule has 0 amide bonds. The summed E-state index contributed by atoms with van der Waals surface area (Å²) in [5.41, 5.74) is 1.01. The molecule has 0 saturated carbocycles. The lowest BCUT2D eigenvalue weighted by Crippen LogP contribution is -2.38. The van der Waals surface area contributed by atoms with Gasteiger partial charge < -0.3 is 5.32 Å². The van der Waals surface area contributed by atoms with E-state index in [1.807, 2.05) is 6.07 Å². The van der Waals surface area contributed by atoms with Gasteiger partial charge in [-0.1, -0.05) is 31.0 Å². The van der Waals surface area contributed by atoms with Crippen molar-refractivity contribution >= 4 is 11.6 Å². The summed E-state index contributed by atoms with van der Waals surface area (Å²) in [7, 11) is 0. The summed E-state index contributed by atoms with van der Waals surface area (Å²) in [5, 5.41) is 3.59. The number of halogens is 2. The summed E-state index contributed by atoms with van der Waals surface area (Å²) < 4.78 is 13.2. The summed E-state index contributed by atoms with van der Waals surface area (Å²) in [6, 6.07) is 4.93. The molecular formula is C13H19ClFN. The highest BCUT2D eigenvalue weighted by Crippen LogP contribution is 2.17. The molecule has 0 saturated heterocycles. The highest BCUT2D eigenvalue weighted by molar-refractivity contribution is 6.30. The predicted octanol–water partition coefficient (Wildman–Crippen LogP) is 4.15. The van der Waals surface area contributed by atoms with Gasteiger partial charge in [-0.15, -0.1) is 0 Å². The number of hydrogen-bond acceptors (Lipinski definition) is 1. The van der Waals surface area contributed by atoms with Crippen LogP contribution in [0.1, 0.15) is 39.2 Å². The molecule has 1 aromatic rings. The average Bonchev–Trinajstić information content (AvgIpc) is 2.20. The van der Waals surface area contributed by atoms with Crippen LogP contribution in [0, 0.1) is 5.82 Å². The number of hydrogen-bond donors (Lipinski definition) is 1. The van der Waals surface area contributed by atoms with E-state index in [1.165, 1.54) is 6.07 Å². The summed E-state index contributed by atoms with van der Waals surface area (Å²) in [5.74, 6) is -0.353. The Morgan fingerprint density at radius 1 is 1.38 bits per heavy atom. The first-order valence-corrected chi connectivity index (χ1v) is 6.01. The lowest BCUT2D eigenvalue weighted by molar-refractivity contribution is 0.356. The van der Waals surface area contributed by atoms with Crippen molar-refractivity contribution in [3.8, 4) is 0 Å². The minimum absolute atomic E-state index is 0.0882. The van der Waals surface area contributed by atoms with Gasteiger partial charge in [-0.05, 0) is 38.0 Å². The zero-order valence-corrected chi connectivity index (χ0v) is 10.9. The first-order valence-electron chi connectivity index (χ1n) is 5.63. The van der Waals surface area contributed by atoms with Crippen LogP contribution in [0.5, 0.6) is 0 Å². The second-order valence-electron chi connectivity index (χ2n) is 4.74. The van der Waals surface area contributed by atoms with Crippen molar-refractivity contribution in [2.45, 2.75) is 45.7 Å². The van der Waals surface area contributed by atoms with Crippen LogP contribution >= 0.6 is 11.6 Å². The molecule has 0 bridgehead atoms. The minimum atomic E-state index is -0.353. The van der Waals surface area contributed by atoms with Gasteiger partial charge in [0.25, 0.3) is 0 Å². The molecule has 1 nitrogen and oxygen atoms in total. The molecule has 0 aliphatic heterocycles. The second-order valence-corrected chi connectivity index (χ2v) is 5.14. The van der Waals surface area contributed by atoms with Crippen molar-refractivity contribution in [2.24, 2.45) is 0 Å². The zero-order valence-electron chi connectivity index (χ0n) is 10.1. The van der Waals surface area contributed by atoms with Gasteiger partial charge in [0.05, 0.1) is 5.02 Å². The van der Waals surface area contributed by atoms with E-state index in [0.717, 1.165) is 18.4 Å². The quantitative estimate of drug-likeness (QED) is 0.819. The molecule has 0 aliphatic rings. The first-order chi connectivity index (χ1) is 7.44. The van der Waals surface area contributed by atoms with Crippen LogP contribution in [0.4, 0.5) is 4.39 Å². The Labute approximate surface area is 102 Å². The van der Waals surface area contributed by atoms with Crippen molar-refractivity contribution in [1.82, 2.24) is 5.32 Å². The SMILES string of the molecule is CCCC(C)(C)NCc1ccc(Cl)c(F)c1. The topological polar surface area (TPSA) is 12.0 Å². The van der Waals surface area contributed by atoms with Gasteiger partial charge in [-0.2, -0.15) is 0 Å². The molecule has 1 aromatic carbocycles. The van der Waals surface area contributed by atoms with Crippen LogP contribution in [0.25, 0.3) is 0 Å². The Bertz CT molecular complexity index is 350. The van der Waals surface area contributed by atoms with Crippen molar-refractivity contribution in [3.05, 3.63) is 34.6 Å². The molecule has 0 heterocycles. The van der Waals surface area contributed by atoms with Gasteiger partial charge in [0.2, 0.25) is 0 Å². The van der Waals surface area contributed by atoms with Crippen LogP contribution in [-0.2, 0) is 6.54 Å². The van der Waals surface area contributed by atoms with E-state index < -0.39 is 0 Å². The number of nitrogens with one attached hydrogen (secondary N) is 1. The van der Waals surface area contributed by atoms with Gasteiger partial charge in [0.1, 0.15) is 5.82 Å². The molecule has 0 spiro atoms. The molecule has 0 atom stereocenters. The molecule has 1 rings (SSSR count). The van der Waals surface area contributed by atoms with E-state index in [0.29, 0.717) is 6.54 Å². The van der Waals surface area contributed by atoms with Crippen LogP contribution in [0.2, 0.25) is 5.02 Å². The van der Waals surface area contributed by atoms with Gasteiger partial charge in [0, 0.05) is 12.1 Å². The van der Waals surface area contributed by atoms with Crippen LogP contribution < -0.4 is 5.32 Å². The molecule has 0 unspecified atom stereocenters. The van der Waals surface area contributed by atoms with Crippen molar-refractivity contribution in [3.63, 3.8) is 0 Å². The molecule has 0 aromatic heterocycles. The summed E-state index contributed by atoms with van der Waals surface area (Å²) in [4.78, 5) is 0. The van der Waals surface area contributed by atoms with E-state index in [9.17, 15) is 4.39 Å². The smallest absolute Gasteiger partial charge is 0.142 e. The van der Waals surface area contributed by atoms with Gasteiger partial charge in [0.15, 0.2) is 0 Å². The second kappa shape index (κ2) is 5.65. The predicted molar refractivity (Wildman–Crippen MR) is 67.2 cm³/mol. The number of benzene rings is 1. The molecule has 3 heteroatoms. The summed E-state index contributed by atoms with van der Waals surface area (Å²) in [6.07, 6.45) is 2.23. The van der Waals surface area contributed by atoms with E-state index in [1.54, 1.807) is 6.07 Å². The van der Waals surface area contributed by atoms with Gasteiger partial charge in [-0.25, -0.2) is 4.39 Å². The molecule has 16 heavy (non-hydrogen) atoms. The third-order valence-electron chi connectivity index (χ3n) is 2.63. The lowest BCUT2D eigenvalue weighted by Gasteiger charge is -2.26. The van der Waals surface area contributed by atoms with Crippen molar-refractivity contribution in [1.29, 1.82) is 0 Å². The largest absolute Gasteiger partial charge is 0.308 e. The van der Waals surface area contributed by atoms with Crippen molar-refractivity contribution < 1.29 is 4.39 Å². The molecule has 0 radical (unpaired) electrons. The van der Waals surface area contributed by atoms with E-state index in [-0.39, 0.29) is 16.4 Å². The maximum Gasteiger partial charge on any atom is 0.142 e. The standard InChI is InChI=1S/C13H19ClFN/c1-4-7-13(2,3)16-9-10-5-6-11(14)12(15)8-10/h5-6,8,16H,4,7,9H2,1-3H3. The van der Waals surface area contributed by atoms with Gasteiger partial charge >= 0.3 is 0 Å². The zero-order chi connectivity index (χ0) is 12.2. The fourth-order valence-electron chi connectivity index (χ4n) is 1.70. The third kappa shape index (κ3) is 4.11. The molecule has 0 aliphatic carbocycles. The summed E-state index contributed by atoms with van der Waals surface area (Å²) in [6.45, 7) is 7.14. The van der Waals surface area contributed by atoms with E-state index in [4.69, 9.17) is 11.6 Å². The monoisotopic (exact) mass is 243 g/mol. The fraction of sp³-hybridized carbons (Fsp3) is 0.538. The Kier molecular flexibility index (Phi) is 4.75. The molecule has 0 fully saturated rings. The first kappa shape index (κ1) is 13.5. The van der Waals surface area contributed by atoms with Crippen molar-refractivity contribution in [2.75, 3.05) is 0 Å². The Balaban J connectivity index is 2.57. The fourth-order valence-corrected chi connectivity index (χ4v) is 1.82. The van der Waals surface area contributed by atoms with Crippen LogP contribution in [-0.4, -0.2) is 5.54 Å². The third-order valence-corrected chi connectivity index (χ3v) is 2.94. The highest BCUT2D eigenvalue weighted by atomic mass is 35.5. The average molecular weight is 244 g/mol. The molecular weight excluding hydrogens is 225 g/mol. The Morgan fingerprint density at radius 3 is 2.62 bits per heavy atom. The molecule has 1 N–H and O–H groups in total. The lowest BCUT2D eigenvalue weighted by atomic mass is 9.98. The normalized spacial score (nSPS) is 11.8.